The lowest BCUT2D eigenvalue weighted by Crippen LogP contribution is -2.26. The van der Waals surface area contributed by atoms with E-state index in [0.29, 0.717) is 0 Å². The minimum absolute atomic E-state index is 0.854. The molecule has 0 radical (unpaired) electrons. The molecule has 110 valence electrons. The van der Waals surface area contributed by atoms with Crippen molar-refractivity contribution in [2.75, 3.05) is 13.7 Å². The second-order valence-electron chi connectivity index (χ2n) is 6.82. The number of ether oxygens (including phenoxy) is 1. The number of methoxy groups -OCH3 is 1. The zero-order valence-corrected chi connectivity index (χ0v) is 12.9. The van der Waals surface area contributed by atoms with Crippen LogP contribution in [0.15, 0.2) is 12.2 Å². The molecule has 2 fully saturated rings. The van der Waals surface area contributed by atoms with Gasteiger partial charge in [-0.15, -0.1) is 0 Å². The molecule has 0 atom stereocenters. The molecule has 0 spiro atoms. The van der Waals surface area contributed by atoms with Crippen molar-refractivity contribution in [2.45, 2.75) is 64.7 Å². The van der Waals surface area contributed by atoms with Crippen LogP contribution in [-0.2, 0) is 4.74 Å². The minimum Gasteiger partial charge on any atom is -0.384 e. The van der Waals surface area contributed by atoms with Gasteiger partial charge in [0.05, 0.1) is 0 Å². The van der Waals surface area contributed by atoms with Gasteiger partial charge in [-0.25, -0.2) is 0 Å². The van der Waals surface area contributed by atoms with Crippen LogP contribution in [0.5, 0.6) is 0 Å². The smallest absolute Gasteiger partial charge is 0.0490 e. The van der Waals surface area contributed by atoms with Crippen molar-refractivity contribution in [3.8, 4) is 0 Å². The monoisotopic (exact) mass is 264 g/mol. The second kappa shape index (κ2) is 8.09. The summed E-state index contributed by atoms with van der Waals surface area (Å²) >= 11 is 0. The highest BCUT2D eigenvalue weighted by molar-refractivity contribution is 4.86. The molecule has 0 aromatic rings. The molecule has 1 nitrogen and oxygen atoms in total. The molecule has 0 unspecified atom stereocenters. The van der Waals surface area contributed by atoms with Crippen molar-refractivity contribution in [3.63, 3.8) is 0 Å². The number of rotatable bonds is 5. The van der Waals surface area contributed by atoms with Crippen molar-refractivity contribution in [3.05, 3.63) is 12.2 Å². The van der Waals surface area contributed by atoms with E-state index < -0.39 is 0 Å². The first-order valence-corrected chi connectivity index (χ1v) is 8.43. The van der Waals surface area contributed by atoms with Gasteiger partial charge in [0.1, 0.15) is 0 Å². The number of hydrogen-bond donors (Lipinski definition) is 0. The summed E-state index contributed by atoms with van der Waals surface area (Å²) in [7, 11) is 1.85. The molecule has 0 saturated heterocycles. The molecule has 0 aromatic carbocycles. The van der Waals surface area contributed by atoms with Crippen LogP contribution in [-0.4, -0.2) is 13.7 Å². The highest BCUT2D eigenvalue weighted by atomic mass is 16.5. The quantitative estimate of drug-likeness (QED) is 0.619. The third kappa shape index (κ3) is 4.63. The lowest BCUT2D eigenvalue weighted by molar-refractivity contribution is 0.0935. The van der Waals surface area contributed by atoms with Gasteiger partial charge in [-0.3, -0.25) is 0 Å². The number of allylic oxidation sites excluding steroid dienone is 2. The largest absolute Gasteiger partial charge is 0.384 e. The van der Waals surface area contributed by atoms with E-state index in [-0.39, 0.29) is 0 Å². The van der Waals surface area contributed by atoms with E-state index in [1.54, 1.807) is 0 Å². The third-order valence-corrected chi connectivity index (χ3v) is 5.56. The summed E-state index contributed by atoms with van der Waals surface area (Å²) in [5, 5.41) is 0. The van der Waals surface area contributed by atoms with Crippen LogP contribution in [0.1, 0.15) is 64.7 Å². The van der Waals surface area contributed by atoms with E-state index in [9.17, 15) is 0 Å². The van der Waals surface area contributed by atoms with Crippen molar-refractivity contribution in [1.82, 2.24) is 0 Å². The predicted molar refractivity (Wildman–Crippen MR) is 82.2 cm³/mol. The Morgan fingerprint density at radius 2 is 1.37 bits per heavy atom. The van der Waals surface area contributed by atoms with Crippen LogP contribution < -0.4 is 0 Å². The van der Waals surface area contributed by atoms with Gasteiger partial charge >= 0.3 is 0 Å². The van der Waals surface area contributed by atoms with Crippen LogP contribution in [0, 0.1) is 23.7 Å². The van der Waals surface area contributed by atoms with Crippen molar-refractivity contribution >= 4 is 0 Å². The van der Waals surface area contributed by atoms with Gasteiger partial charge < -0.3 is 4.74 Å². The highest BCUT2D eigenvalue weighted by Crippen LogP contribution is 2.42. The molecule has 2 aliphatic rings. The standard InChI is InChI=1S/C18H32O/c1-3-4-5-15-6-10-17(11-7-15)18-12-8-16(9-13-18)14-19-2/h3-4,15-18H,5-14H2,1-2H3. The fourth-order valence-electron chi connectivity index (χ4n) is 4.29. The van der Waals surface area contributed by atoms with E-state index in [1.807, 2.05) is 7.11 Å². The minimum atomic E-state index is 0.854. The fourth-order valence-corrected chi connectivity index (χ4v) is 4.29. The first-order valence-electron chi connectivity index (χ1n) is 8.43. The molecule has 2 saturated carbocycles. The van der Waals surface area contributed by atoms with Gasteiger partial charge in [-0.05, 0) is 88.4 Å². The summed E-state index contributed by atoms with van der Waals surface area (Å²) in [6.45, 7) is 3.13. The molecular weight excluding hydrogens is 232 g/mol. The van der Waals surface area contributed by atoms with Crippen molar-refractivity contribution in [1.29, 1.82) is 0 Å². The molecular formula is C18H32O. The first-order chi connectivity index (χ1) is 9.33. The van der Waals surface area contributed by atoms with E-state index in [1.165, 1.54) is 57.8 Å². The average molecular weight is 264 g/mol. The maximum absolute atomic E-state index is 5.31. The molecule has 2 aliphatic carbocycles. The molecule has 1 heteroatoms. The Bertz CT molecular complexity index is 255. The molecule has 0 N–H and O–H groups in total. The molecule has 0 amide bonds. The Labute approximate surface area is 119 Å². The van der Waals surface area contributed by atoms with E-state index in [2.05, 4.69) is 19.1 Å². The predicted octanol–water partition coefficient (Wildman–Crippen LogP) is 5.21. The van der Waals surface area contributed by atoms with Gasteiger partial charge in [-0.2, -0.15) is 0 Å². The zero-order valence-electron chi connectivity index (χ0n) is 12.9. The SMILES string of the molecule is CC=CCC1CCC(C2CCC(COC)CC2)CC1. The molecule has 19 heavy (non-hydrogen) atoms. The van der Waals surface area contributed by atoms with E-state index in [4.69, 9.17) is 4.74 Å². The van der Waals surface area contributed by atoms with Crippen LogP contribution >= 0.6 is 0 Å². The topological polar surface area (TPSA) is 9.23 Å². The molecule has 0 heterocycles. The second-order valence-corrected chi connectivity index (χ2v) is 6.82. The van der Waals surface area contributed by atoms with Crippen LogP contribution in [0.25, 0.3) is 0 Å². The Balaban J connectivity index is 1.68. The normalized spacial score (nSPS) is 36.7. The Morgan fingerprint density at radius 3 is 1.84 bits per heavy atom. The van der Waals surface area contributed by atoms with Gasteiger partial charge in [0.2, 0.25) is 0 Å². The maximum atomic E-state index is 5.31. The summed E-state index contributed by atoms with van der Waals surface area (Å²) in [5.41, 5.74) is 0. The number of hydrogen-bond acceptors (Lipinski definition) is 1. The summed E-state index contributed by atoms with van der Waals surface area (Å²) < 4.78 is 5.31. The molecule has 0 aromatic heterocycles. The molecule has 0 bridgehead atoms. The van der Waals surface area contributed by atoms with Crippen LogP contribution in [0.4, 0.5) is 0 Å². The van der Waals surface area contributed by atoms with Gasteiger partial charge in [0, 0.05) is 13.7 Å². The van der Waals surface area contributed by atoms with Crippen LogP contribution in [0.3, 0.4) is 0 Å². The lowest BCUT2D eigenvalue weighted by Gasteiger charge is -2.37. The van der Waals surface area contributed by atoms with Crippen LogP contribution in [0.2, 0.25) is 0 Å². The maximum Gasteiger partial charge on any atom is 0.0490 e. The van der Waals surface area contributed by atoms with Crippen molar-refractivity contribution in [2.24, 2.45) is 23.7 Å². The summed E-state index contributed by atoms with van der Waals surface area (Å²) in [6, 6.07) is 0. The van der Waals surface area contributed by atoms with Gasteiger partial charge in [0.25, 0.3) is 0 Å². The summed E-state index contributed by atoms with van der Waals surface area (Å²) in [6.07, 6.45) is 17.6. The van der Waals surface area contributed by atoms with E-state index in [0.717, 1.165) is 30.3 Å². The van der Waals surface area contributed by atoms with E-state index >= 15 is 0 Å². The van der Waals surface area contributed by atoms with Gasteiger partial charge in [0.15, 0.2) is 0 Å². The Hall–Kier alpha value is -0.300. The summed E-state index contributed by atoms with van der Waals surface area (Å²) in [4.78, 5) is 0. The Kier molecular flexibility index (Phi) is 6.43. The lowest BCUT2D eigenvalue weighted by atomic mass is 9.69. The average Bonchev–Trinajstić information content (AvgIpc) is 2.47. The van der Waals surface area contributed by atoms with Gasteiger partial charge in [-0.1, -0.05) is 12.2 Å². The Morgan fingerprint density at radius 1 is 0.842 bits per heavy atom. The molecule has 2 rings (SSSR count). The molecule has 0 aliphatic heterocycles. The fraction of sp³-hybridized carbons (Fsp3) is 0.889. The first kappa shape index (κ1) is 15.1. The third-order valence-electron chi connectivity index (χ3n) is 5.56. The summed E-state index contributed by atoms with van der Waals surface area (Å²) in [5.74, 6) is 3.92. The van der Waals surface area contributed by atoms with Crippen molar-refractivity contribution < 1.29 is 4.74 Å². The zero-order chi connectivity index (χ0) is 13.5. The highest BCUT2D eigenvalue weighted by Gasteiger charge is 2.30.